The summed E-state index contributed by atoms with van der Waals surface area (Å²) in [6, 6.07) is 8.98. The molecule has 5 nitrogen and oxygen atoms in total. The standard InChI is InChI=1S/C17H25N3O2/c1-13(2)19-9-11-20(12-10-19)17(22)14(3)18-16(21)15-7-5-4-6-8-15/h4-8,13-14H,9-12H2,1-3H3,(H,18,21). The number of amides is 2. The van der Waals surface area contributed by atoms with E-state index in [9.17, 15) is 9.59 Å². The summed E-state index contributed by atoms with van der Waals surface area (Å²) >= 11 is 0. The van der Waals surface area contributed by atoms with Gasteiger partial charge in [0.15, 0.2) is 0 Å². The molecule has 1 aromatic carbocycles. The van der Waals surface area contributed by atoms with E-state index in [1.54, 1.807) is 19.1 Å². The Morgan fingerprint density at radius 3 is 2.14 bits per heavy atom. The van der Waals surface area contributed by atoms with E-state index in [1.807, 2.05) is 23.1 Å². The number of nitrogens with zero attached hydrogens (tertiary/aromatic N) is 2. The van der Waals surface area contributed by atoms with Crippen LogP contribution in [0.5, 0.6) is 0 Å². The molecule has 0 bridgehead atoms. The highest BCUT2D eigenvalue weighted by atomic mass is 16.2. The van der Waals surface area contributed by atoms with E-state index in [-0.39, 0.29) is 11.8 Å². The second kappa shape index (κ2) is 7.40. The van der Waals surface area contributed by atoms with Gasteiger partial charge in [-0.3, -0.25) is 14.5 Å². The highest BCUT2D eigenvalue weighted by Gasteiger charge is 2.26. The molecule has 22 heavy (non-hydrogen) atoms. The van der Waals surface area contributed by atoms with Gasteiger partial charge in [0.25, 0.3) is 5.91 Å². The topological polar surface area (TPSA) is 52.7 Å². The molecule has 1 aliphatic rings. The second-order valence-corrected chi connectivity index (χ2v) is 6.02. The molecule has 1 aromatic rings. The average Bonchev–Trinajstić information content (AvgIpc) is 2.55. The lowest BCUT2D eigenvalue weighted by atomic mass is 10.2. The Morgan fingerprint density at radius 1 is 1.00 bits per heavy atom. The molecule has 1 aliphatic heterocycles. The van der Waals surface area contributed by atoms with Crippen molar-refractivity contribution in [3.8, 4) is 0 Å². The van der Waals surface area contributed by atoms with Gasteiger partial charge < -0.3 is 10.2 Å². The zero-order valence-electron chi connectivity index (χ0n) is 13.6. The lowest BCUT2D eigenvalue weighted by Crippen LogP contribution is -2.55. The lowest BCUT2D eigenvalue weighted by Gasteiger charge is -2.37. The fourth-order valence-corrected chi connectivity index (χ4v) is 2.66. The maximum Gasteiger partial charge on any atom is 0.251 e. The number of piperazine rings is 1. The molecule has 1 saturated heterocycles. The van der Waals surface area contributed by atoms with E-state index in [0.717, 1.165) is 26.2 Å². The van der Waals surface area contributed by atoms with Crippen LogP contribution in [-0.2, 0) is 4.79 Å². The first-order chi connectivity index (χ1) is 10.5. The number of nitrogens with one attached hydrogen (secondary N) is 1. The molecule has 0 aromatic heterocycles. The van der Waals surface area contributed by atoms with Gasteiger partial charge in [-0.2, -0.15) is 0 Å². The molecule has 1 unspecified atom stereocenters. The highest BCUT2D eigenvalue weighted by molar-refractivity contribution is 5.97. The van der Waals surface area contributed by atoms with Gasteiger partial charge in [0.2, 0.25) is 5.91 Å². The SMILES string of the molecule is CC(NC(=O)c1ccccc1)C(=O)N1CCN(C(C)C)CC1. The number of carbonyl (C=O) groups excluding carboxylic acids is 2. The first kappa shape index (κ1) is 16.5. The van der Waals surface area contributed by atoms with Gasteiger partial charge in [-0.15, -0.1) is 0 Å². The van der Waals surface area contributed by atoms with Crippen LogP contribution in [0.3, 0.4) is 0 Å². The average molecular weight is 303 g/mol. The van der Waals surface area contributed by atoms with Crippen molar-refractivity contribution >= 4 is 11.8 Å². The van der Waals surface area contributed by atoms with Crippen molar-refractivity contribution in [1.29, 1.82) is 0 Å². The maximum atomic E-state index is 12.4. The lowest BCUT2D eigenvalue weighted by molar-refractivity contribution is -0.134. The molecular weight excluding hydrogens is 278 g/mol. The number of carbonyl (C=O) groups is 2. The van der Waals surface area contributed by atoms with Crippen LogP contribution in [0.15, 0.2) is 30.3 Å². The van der Waals surface area contributed by atoms with Crippen molar-refractivity contribution in [3.63, 3.8) is 0 Å². The molecule has 0 aliphatic carbocycles. The van der Waals surface area contributed by atoms with Gasteiger partial charge >= 0.3 is 0 Å². The van der Waals surface area contributed by atoms with E-state index >= 15 is 0 Å². The molecule has 1 N–H and O–H groups in total. The molecule has 0 radical (unpaired) electrons. The molecule has 0 spiro atoms. The molecular formula is C17H25N3O2. The molecule has 0 saturated carbocycles. The quantitative estimate of drug-likeness (QED) is 0.914. The van der Waals surface area contributed by atoms with Crippen molar-refractivity contribution in [2.75, 3.05) is 26.2 Å². The molecule has 120 valence electrons. The minimum atomic E-state index is -0.502. The molecule has 2 rings (SSSR count). The Kier molecular flexibility index (Phi) is 5.55. The summed E-state index contributed by atoms with van der Waals surface area (Å²) in [5, 5.41) is 2.78. The second-order valence-electron chi connectivity index (χ2n) is 6.02. The van der Waals surface area contributed by atoms with Crippen LogP contribution in [0, 0.1) is 0 Å². The zero-order chi connectivity index (χ0) is 16.1. The van der Waals surface area contributed by atoms with E-state index in [2.05, 4.69) is 24.1 Å². The van der Waals surface area contributed by atoms with Crippen molar-refractivity contribution in [2.45, 2.75) is 32.9 Å². The molecule has 2 amide bonds. The summed E-state index contributed by atoms with van der Waals surface area (Å²) < 4.78 is 0. The number of rotatable bonds is 4. The number of hydrogen-bond acceptors (Lipinski definition) is 3. The fraction of sp³-hybridized carbons (Fsp3) is 0.529. The summed E-state index contributed by atoms with van der Waals surface area (Å²) in [4.78, 5) is 28.7. The van der Waals surface area contributed by atoms with Gasteiger partial charge in [0.1, 0.15) is 6.04 Å². The predicted octanol–water partition coefficient (Wildman–Crippen LogP) is 1.36. The number of hydrogen-bond donors (Lipinski definition) is 1. The summed E-state index contributed by atoms with van der Waals surface area (Å²) in [6.45, 7) is 9.31. The summed E-state index contributed by atoms with van der Waals surface area (Å²) in [5.41, 5.74) is 0.576. The summed E-state index contributed by atoms with van der Waals surface area (Å²) in [5.74, 6) is -0.213. The summed E-state index contributed by atoms with van der Waals surface area (Å²) in [7, 11) is 0. The number of benzene rings is 1. The van der Waals surface area contributed by atoms with Gasteiger partial charge in [-0.05, 0) is 32.9 Å². The van der Waals surface area contributed by atoms with Crippen molar-refractivity contribution in [1.82, 2.24) is 15.1 Å². The third kappa shape index (κ3) is 4.07. The molecule has 1 heterocycles. The van der Waals surface area contributed by atoms with Crippen LogP contribution in [0.1, 0.15) is 31.1 Å². The van der Waals surface area contributed by atoms with Gasteiger partial charge in [-0.25, -0.2) is 0 Å². The Labute approximate surface area is 132 Å². The maximum absolute atomic E-state index is 12.4. The Hall–Kier alpha value is -1.88. The molecule has 1 fully saturated rings. The Balaban J connectivity index is 1.86. The molecule has 5 heteroatoms. The van der Waals surface area contributed by atoms with Crippen LogP contribution >= 0.6 is 0 Å². The largest absolute Gasteiger partial charge is 0.341 e. The van der Waals surface area contributed by atoms with Crippen LogP contribution in [-0.4, -0.2) is 59.9 Å². The predicted molar refractivity (Wildman–Crippen MR) is 86.7 cm³/mol. The van der Waals surface area contributed by atoms with Gasteiger partial charge in [-0.1, -0.05) is 18.2 Å². The monoisotopic (exact) mass is 303 g/mol. The van der Waals surface area contributed by atoms with Crippen LogP contribution in [0.2, 0.25) is 0 Å². The van der Waals surface area contributed by atoms with E-state index in [0.29, 0.717) is 11.6 Å². The van der Waals surface area contributed by atoms with E-state index < -0.39 is 6.04 Å². The van der Waals surface area contributed by atoms with Crippen molar-refractivity contribution < 1.29 is 9.59 Å². The molecule has 1 atom stereocenters. The third-order valence-electron chi connectivity index (χ3n) is 4.11. The Morgan fingerprint density at radius 2 is 1.59 bits per heavy atom. The Bertz CT molecular complexity index is 508. The van der Waals surface area contributed by atoms with Crippen LogP contribution in [0.25, 0.3) is 0 Å². The van der Waals surface area contributed by atoms with Crippen molar-refractivity contribution in [2.24, 2.45) is 0 Å². The van der Waals surface area contributed by atoms with Gasteiger partial charge in [0, 0.05) is 37.8 Å². The van der Waals surface area contributed by atoms with E-state index in [1.165, 1.54) is 0 Å². The van der Waals surface area contributed by atoms with Gasteiger partial charge in [0.05, 0.1) is 0 Å². The van der Waals surface area contributed by atoms with Crippen molar-refractivity contribution in [3.05, 3.63) is 35.9 Å². The first-order valence-corrected chi connectivity index (χ1v) is 7.88. The zero-order valence-corrected chi connectivity index (χ0v) is 13.6. The third-order valence-corrected chi connectivity index (χ3v) is 4.11. The minimum Gasteiger partial charge on any atom is -0.341 e. The summed E-state index contributed by atoms with van der Waals surface area (Å²) in [6.07, 6.45) is 0. The first-order valence-electron chi connectivity index (χ1n) is 7.88. The fourth-order valence-electron chi connectivity index (χ4n) is 2.66. The normalized spacial score (nSPS) is 17.4. The highest BCUT2D eigenvalue weighted by Crippen LogP contribution is 2.08. The van der Waals surface area contributed by atoms with Crippen LogP contribution in [0.4, 0.5) is 0 Å². The smallest absolute Gasteiger partial charge is 0.251 e. The minimum absolute atomic E-state index is 0.00677. The van der Waals surface area contributed by atoms with E-state index in [4.69, 9.17) is 0 Å². The van der Waals surface area contributed by atoms with Crippen LogP contribution < -0.4 is 5.32 Å².